The van der Waals surface area contributed by atoms with Gasteiger partial charge >= 0.3 is 0 Å². The molecule has 4 rings (SSSR count). The molecule has 0 saturated heterocycles. The third-order valence-corrected chi connectivity index (χ3v) is 4.30. The predicted molar refractivity (Wildman–Crippen MR) is 99.1 cm³/mol. The Bertz CT molecular complexity index is 1010. The van der Waals surface area contributed by atoms with Crippen LogP contribution in [0.4, 0.5) is 0 Å². The fourth-order valence-corrected chi connectivity index (χ4v) is 2.87. The molecule has 2 heterocycles. The molecule has 132 valence electrons. The fraction of sp³-hybridized carbons (Fsp3) is 0.250. The van der Waals surface area contributed by atoms with Crippen molar-refractivity contribution in [2.75, 3.05) is 6.61 Å². The van der Waals surface area contributed by atoms with E-state index in [2.05, 4.69) is 27.0 Å². The van der Waals surface area contributed by atoms with Gasteiger partial charge in [0, 0.05) is 5.92 Å². The van der Waals surface area contributed by atoms with E-state index in [4.69, 9.17) is 9.26 Å². The first-order valence-electron chi connectivity index (χ1n) is 8.68. The van der Waals surface area contributed by atoms with E-state index in [1.54, 1.807) is 0 Å². The average Bonchev–Trinajstić information content (AvgIpc) is 3.28. The zero-order valence-corrected chi connectivity index (χ0v) is 14.8. The fourth-order valence-electron chi connectivity index (χ4n) is 2.87. The highest BCUT2D eigenvalue weighted by Gasteiger charge is 2.18. The SMILES string of the molecule is Cc1nc2c(-c3noc(C(C)CCOc4ccccc4)n3)cccc2[nH]1. The number of hydrogen-bond acceptors (Lipinski definition) is 5. The van der Waals surface area contributed by atoms with Crippen LogP contribution in [0.2, 0.25) is 0 Å². The standard InChI is InChI=1S/C20H20N4O2/c1-13(11-12-25-15-7-4-3-5-8-15)20-23-19(24-26-20)16-9-6-10-17-18(16)22-14(2)21-17/h3-10,13H,11-12H2,1-2H3,(H,21,22). The Morgan fingerprint density at radius 1 is 1.08 bits per heavy atom. The summed E-state index contributed by atoms with van der Waals surface area (Å²) in [4.78, 5) is 12.3. The molecule has 1 N–H and O–H groups in total. The van der Waals surface area contributed by atoms with E-state index in [1.807, 2.05) is 55.5 Å². The van der Waals surface area contributed by atoms with Crippen molar-refractivity contribution in [2.24, 2.45) is 0 Å². The van der Waals surface area contributed by atoms with Crippen molar-refractivity contribution in [2.45, 2.75) is 26.2 Å². The lowest BCUT2D eigenvalue weighted by Gasteiger charge is -2.08. The summed E-state index contributed by atoms with van der Waals surface area (Å²) in [6, 6.07) is 15.7. The van der Waals surface area contributed by atoms with Gasteiger partial charge in [-0.1, -0.05) is 36.3 Å². The first-order chi connectivity index (χ1) is 12.7. The normalized spacial score (nSPS) is 12.4. The molecule has 0 amide bonds. The van der Waals surface area contributed by atoms with Crippen molar-refractivity contribution in [3.05, 3.63) is 60.2 Å². The van der Waals surface area contributed by atoms with Gasteiger partial charge < -0.3 is 14.2 Å². The lowest BCUT2D eigenvalue weighted by atomic mass is 10.1. The van der Waals surface area contributed by atoms with Gasteiger partial charge in [-0.3, -0.25) is 0 Å². The number of hydrogen-bond donors (Lipinski definition) is 1. The minimum atomic E-state index is 0.111. The quantitative estimate of drug-likeness (QED) is 0.555. The number of benzene rings is 2. The molecule has 0 aliphatic rings. The Kier molecular flexibility index (Phi) is 4.39. The minimum absolute atomic E-state index is 0.111. The average molecular weight is 348 g/mol. The summed E-state index contributed by atoms with van der Waals surface area (Å²) < 4.78 is 11.2. The van der Waals surface area contributed by atoms with Crippen LogP contribution >= 0.6 is 0 Å². The van der Waals surface area contributed by atoms with Gasteiger partial charge in [-0.05, 0) is 37.6 Å². The molecular weight excluding hydrogens is 328 g/mol. The number of H-pyrrole nitrogens is 1. The number of rotatable bonds is 6. The summed E-state index contributed by atoms with van der Waals surface area (Å²) in [5, 5.41) is 4.15. The third kappa shape index (κ3) is 3.31. The maximum Gasteiger partial charge on any atom is 0.229 e. The largest absolute Gasteiger partial charge is 0.494 e. The predicted octanol–water partition coefficient (Wildman–Crippen LogP) is 4.49. The van der Waals surface area contributed by atoms with Gasteiger partial charge in [0.15, 0.2) is 0 Å². The molecule has 0 saturated carbocycles. The molecule has 2 aromatic heterocycles. The zero-order chi connectivity index (χ0) is 17.9. The van der Waals surface area contributed by atoms with Crippen LogP contribution in [0.1, 0.15) is 31.0 Å². The first kappa shape index (κ1) is 16.3. The van der Waals surface area contributed by atoms with Gasteiger partial charge in [0.1, 0.15) is 11.6 Å². The first-order valence-corrected chi connectivity index (χ1v) is 8.68. The van der Waals surface area contributed by atoms with Crippen LogP contribution in [0.3, 0.4) is 0 Å². The van der Waals surface area contributed by atoms with E-state index in [1.165, 1.54) is 0 Å². The highest BCUT2D eigenvalue weighted by molar-refractivity contribution is 5.89. The van der Waals surface area contributed by atoms with Crippen LogP contribution in [-0.4, -0.2) is 26.7 Å². The Morgan fingerprint density at radius 2 is 1.92 bits per heavy atom. The number of aromatic nitrogens is 4. The molecule has 0 fully saturated rings. The Hall–Kier alpha value is -3.15. The number of fused-ring (bicyclic) bond motifs is 1. The number of nitrogens with zero attached hydrogens (tertiary/aromatic N) is 3. The van der Waals surface area contributed by atoms with Gasteiger partial charge in [-0.15, -0.1) is 0 Å². The monoisotopic (exact) mass is 348 g/mol. The van der Waals surface area contributed by atoms with Gasteiger partial charge in [0.05, 0.1) is 23.2 Å². The molecule has 6 nitrogen and oxygen atoms in total. The maximum absolute atomic E-state index is 5.75. The molecule has 0 aliphatic carbocycles. The number of imidazole rings is 1. The minimum Gasteiger partial charge on any atom is -0.494 e. The van der Waals surface area contributed by atoms with Crippen molar-refractivity contribution in [1.82, 2.24) is 20.1 Å². The molecule has 6 heteroatoms. The Labute approximate surface area is 151 Å². The molecule has 0 radical (unpaired) electrons. The Balaban J connectivity index is 1.47. The number of para-hydroxylation sites is 2. The van der Waals surface area contributed by atoms with Crippen molar-refractivity contribution >= 4 is 11.0 Å². The summed E-state index contributed by atoms with van der Waals surface area (Å²) >= 11 is 0. The van der Waals surface area contributed by atoms with E-state index < -0.39 is 0 Å². The molecule has 0 bridgehead atoms. The van der Waals surface area contributed by atoms with Crippen LogP contribution in [-0.2, 0) is 0 Å². The van der Waals surface area contributed by atoms with Gasteiger partial charge in [-0.2, -0.15) is 4.98 Å². The second kappa shape index (κ2) is 7.00. The van der Waals surface area contributed by atoms with E-state index in [-0.39, 0.29) is 5.92 Å². The topological polar surface area (TPSA) is 76.8 Å². The molecule has 26 heavy (non-hydrogen) atoms. The number of nitrogens with one attached hydrogen (secondary N) is 1. The van der Waals surface area contributed by atoms with Gasteiger partial charge in [0.2, 0.25) is 11.7 Å². The van der Waals surface area contributed by atoms with Gasteiger partial charge in [-0.25, -0.2) is 4.98 Å². The van der Waals surface area contributed by atoms with Crippen molar-refractivity contribution < 1.29 is 9.26 Å². The van der Waals surface area contributed by atoms with Crippen molar-refractivity contribution in [1.29, 1.82) is 0 Å². The smallest absolute Gasteiger partial charge is 0.229 e. The summed E-state index contributed by atoms with van der Waals surface area (Å²) in [7, 11) is 0. The summed E-state index contributed by atoms with van der Waals surface area (Å²) in [6.45, 7) is 4.59. The number of ether oxygens (including phenoxy) is 1. The molecule has 1 unspecified atom stereocenters. The highest BCUT2D eigenvalue weighted by Crippen LogP contribution is 2.27. The zero-order valence-electron chi connectivity index (χ0n) is 14.8. The van der Waals surface area contributed by atoms with Crippen LogP contribution in [0, 0.1) is 6.92 Å². The second-order valence-corrected chi connectivity index (χ2v) is 6.33. The second-order valence-electron chi connectivity index (χ2n) is 6.33. The molecule has 4 aromatic rings. The lowest BCUT2D eigenvalue weighted by Crippen LogP contribution is -2.03. The van der Waals surface area contributed by atoms with Gasteiger partial charge in [0.25, 0.3) is 0 Å². The molecule has 0 aliphatic heterocycles. The Morgan fingerprint density at radius 3 is 2.77 bits per heavy atom. The van der Waals surface area contributed by atoms with Crippen molar-refractivity contribution in [3.8, 4) is 17.1 Å². The van der Waals surface area contributed by atoms with E-state index in [0.29, 0.717) is 18.3 Å². The van der Waals surface area contributed by atoms with E-state index in [9.17, 15) is 0 Å². The number of aromatic amines is 1. The summed E-state index contributed by atoms with van der Waals surface area (Å²) in [6.07, 6.45) is 0.794. The lowest BCUT2D eigenvalue weighted by molar-refractivity contribution is 0.280. The molecule has 1 atom stereocenters. The molecule has 0 spiro atoms. The van der Waals surface area contributed by atoms with Crippen LogP contribution in [0.5, 0.6) is 5.75 Å². The summed E-state index contributed by atoms with van der Waals surface area (Å²) in [5.41, 5.74) is 2.70. The summed E-state index contributed by atoms with van der Waals surface area (Å²) in [5.74, 6) is 3.02. The van der Waals surface area contributed by atoms with E-state index >= 15 is 0 Å². The third-order valence-electron chi connectivity index (χ3n) is 4.30. The van der Waals surface area contributed by atoms with E-state index in [0.717, 1.165) is 34.6 Å². The highest BCUT2D eigenvalue weighted by atomic mass is 16.5. The molecule has 2 aromatic carbocycles. The van der Waals surface area contributed by atoms with Crippen LogP contribution in [0.25, 0.3) is 22.4 Å². The maximum atomic E-state index is 5.75. The van der Waals surface area contributed by atoms with Crippen LogP contribution in [0.15, 0.2) is 53.1 Å². The molecular formula is C20H20N4O2. The van der Waals surface area contributed by atoms with Crippen LogP contribution < -0.4 is 4.74 Å². The van der Waals surface area contributed by atoms with Crippen molar-refractivity contribution in [3.63, 3.8) is 0 Å². The number of aryl methyl sites for hydroxylation is 1.